The van der Waals surface area contributed by atoms with Crippen LogP contribution in [0.3, 0.4) is 0 Å². The average molecular weight is 449 g/mol. The molecular formula is C22H28N2O6S. The quantitative estimate of drug-likeness (QED) is 0.663. The standard InChI is InChI=1S/C22H28N2O6S/c1-16(2)30-19-4-6-21(7-5-19)31(27,28)24-10-8-23(9-11-24)18-12-17(3)13-20(14-18)29-15-22(25)26/h4-7,12-14,16H,8-11,15H2,1-3H3,(H,25,26). The molecular weight excluding hydrogens is 420 g/mol. The highest BCUT2D eigenvalue weighted by Crippen LogP contribution is 2.27. The number of aliphatic carboxylic acids is 1. The number of rotatable bonds is 8. The van der Waals surface area contributed by atoms with Gasteiger partial charge in [0.25, 0.3) is 0 Å². The van der Waals surface area contributed by atoms with Crippen LogP contribution in [-0.2, 0) is 14.8 Å². The van der Waals surface area contributed by atoms with Crippen molar-refractivity contribution in [3.8, 4) is 11.5 Å². The number of hydrogen-bond donors (Lipinski definition) is 1. The van der Waals surface area contributed by atoms with Crippen LogP contribution in [0.4, 0.5) is 5.69 Å². The molecule has 0 unspecified atom stereocenters. The Morgan fingerprint density at radius 2 is 1.68 bits per heavy atom. The van der Waals surface area contributed by atoms with E-state index >= 15 is 0 Å². The van der Waals surface area contributed by atoms with Crippen molar-refractivity contribution in [1.29, 1.82) is 0 Å². The molecule has 1 fully saturated rings. The van der Waals surface area contributed by atoms with Gasteiger partial charge in [0.05, 0.1) is 11.0 Å². The SMILES string of the molecule is Cc1cc(OCC(=O)O)cc(N2CCN(S(=O)(=O)c3ccc(OC(C)C)cc3)CC2)c1. The zero-order valence-corrected chi connectivity index (χ0v) is 18.8. The van der Waals surface area contributed by atoms with Gasteiger partial charge < -0.3 is 19.5 Å². The molecule has 0 amide bonds. The molecule has 1 aliphatic heterocycles. The molecule has 0 spiro atoms. The number of benzene rings is 2. The van der Waals surface area contributed by atoms with Crippen LogP contribution in [0.5, 0.6) is 11.5 Å². The fourth-order valence-electron chi connectivity index (χ4n) is 3.44. The summed E-state index contributed by atoms with van der Waals surface area (Å²) in [4.78, 5) is 13.1. The van der Waals surface area contributed by atoms with Gasteiger partial charge >= 0.3 is 5.97 Å². The third-order valence-electron chi connectivity index (χ3n) is 4.84. The molecule has 0 bridgehead atoms. The summed E-state index contributed by atoms with van der Waals surface area (Å²) in [5, 5.41) is 8.81. The van der Waals surface area contributed by atoms with E-state index in [1.165, 1.54) is 4.31 Å². The van der Waals surface area contributed by atoms with Crippen LogP contribution < -0.4 is 14.4 Å². The molecule has 1 N–H and O–H groups in total. The number of ether oxygens (including phenoxy) is 2. The molecule has 0 radical (unpaired) electrons. The van der Waals surface area contributed by atoms with Crippen LogP contribution in [0.15, 0.2) is 47.4 Å². The first-order valence-corrected chi connectivity index (χ1v) is 11.6. The minimum Gasteiger partial charge on any atom is -0.491 e. The largest absolute Gasteiger partial charge is 0.491 e. The van der Waals surface area contributed by atoms with E-state index in [0.717, 1.165) is 11.3 Å². The number of carbonyl (C=O) groups is 1. The van der Waals surface area contributed by atoms with E-state index in [9.17, 15) is 13.2 Å². The third kappa shape index (κ3) is 5.89. The van der Waals surface area contributed by atoms with E-state index in [4.69, 9.17) is 14.6 Å². The van der Waals surface area contributed by atoms with Gasteiger partial charge in [-0.3, -0.25) is 0 Å². The topological polar surface area (TPSA) is 96.4 Å². The van der Waals surface area contributed by atoms with Crippen LogP contribution >= 0.6 is 0 Å². The van der Waals surface area contributed by atoms with Crippen molar-refractivity contribution < 1.29 is 27.8 Å². The number of carboxylic acids is 1. The normalized spacial score (nSPS) is 15.2. The zero-order valence-electron chi connectivity index (χ0n) is 17.9. The Morgan fingerprint density at radius 1 is 1.03 bits per heavy atom. The number of hydrogen-bond acceptors (Lipinski definition) is 6. The van der Waals surface area contributed by atoms with E-state index in [0.29, 0.717) is 37.7 Å². The first kappa shape index (κ1) is 22.9. The molecule has 9 heteroatoms. The highest BCUT2D eigenvalue weighted by atomic mass is 32.2. The number of aryl methyl sites for hydroxylation is 1. The second kappa shape index (κ2) is 9.57. The lowest BCUT2D eigenvalue weighted by atomic mass is 10.2. The first-order valence-electron chi connectivity index (χ1n) is 10.1. The summed E-state index contributed by atoms with van der Waals surface area (Å²) >= 11 is 0. The van der Waals surface area contributed by atoms with Gasteiger partial charge in [-0.1, -0.05) is 0 Å². The molecule has 0 aliphatic carbocycles. The number of nitrogens with zero attached hydrogens (tertiary/aromatic N) is 2. The van der Waals surface area contributed by atoms with Gasteiger partial charge in [0.15, 0.2) is 6.61 Å². The van der Waals surface area contributed by atoms with Crippen molar-refractivity contribution in [3.63, 3.8) is 0 Å². The minimum absolute atomic E-state index is 0.0206. The van der Waals surface area contributed by atoms with Crippen molar-refractivity contribution >= 4 is 21.7 Å². The summed E-state index contributed by atoms with van der Waals surface area (Å²) in [5.41, 5.74) is 1.82. The second-order valence-corrected chi connectivity index (χ2v) is 9.65. The van der Waals surface area contributed by atoms with E-state index in [1.54, 1.807) is 36.4 Å². The Bertz CT molecular complexity index is 1010. The van der Waals surface area contributed by atoms with E-state index < -0.39 is 22.6 Å². The molecule has 1 heterocycles. The van der Waals surface area contributed by atoms with Gasteiger partial charge in [-0.25, -0.2) is 13.2 Å². The summed E-state index contributed by atoms with van der Waals surface area (Å²) in [5.74, 6) is 0.0842. The van der Waals surface area contributed by atoms with Gasteiger partial charge in [0.2, 0.25) is 10.0 Å². The molecule has 1 saturated heterocycles. The number of piperazine rings is 1. The van der Waals surface area contributed by atoms with Gasteiger partial charge in [0.1, 0.15) is 11.5 Å². The molecule has 31 heavy (non-hydrogen) atoms. The molecule has 2 aromatic rings. The van der Waals surface area contributed by atoms with E-state index in [2.05, 4.69) is 4.90 Å². The lowest BCUT2D eigenvalue weighted by Crippen LogP contribution is -2.48. The first-order chi connectivity index (χ1) is 14.6. The summed E-state index contributed by atoms with van der Waals surface area (Å²) < 4.78 is 38.4. The lowest BCUT2D eigenvalue weighted by Gasteiger charge is -2.35. The summed E-state index contributed by atoms with van der Waals surface area (Å²) in [6, 6.07) is 12.0. The van der Waals surface area contributed by atoms with Crippen molar-refractivity contribution in [3.05, 3.63) is 48.0 Å². The maximum Gasteiger partial charge on any atom is 0.341 e. The summed E-state index contributed by atoms with van der Waals surface area (Å²) in [7, 11) is -3.59. The van der Waals surface area contributed by atoms with Crippen LogP contribution in [0.2, 0.25) is 0 Å². The Balaban J connectivity index is 1.66. The number of carboxylic acid groups (broad SMARTS) is 1. The van der Waals surface area contributed by atoms with E-state index in [-0.39, 0.29) is 11.0 Å². The lowest BCUT2D eigenvalue weighted by molar-refractivity contribution is -0.139. The van der Waals surface area contributed by atoms with E-state index in [1.807, 2.05) is 26.8 Å². The van der Waals surface area contributed by atoms with Crippen LogP contribution in [0, 0.1) is 6.92 Å². The van der Waals surface area contributed by atoms with Crippen molar-refractivity contribution in [2.24, 2.45) is 0 Å². The maximum absolute atomic E-state index is 13.0. The molecule has 3 rings (SSSR count). The van der Waals surface area contributed by atoms with Crippen molar-refractivity contribution in [1.82, 2.24) is 4.31 Å². The monoisotopic (exact) mass is 448 g/mol. The van der Waals surface area contributed by atoms with Crippen LogP contribution in [0.25, 0.3) is 0 Å². The molecule has 2 aromatic carbocycles. The summed E-state index contributed by atoms with van der Waals surface area (Å²) in [6.07, 6.45) is 0.0206. The van der Waals surface area contributed by atoms with Crippen molar-refractivity contribution in [2.45, 2.75) is 31.8 Å². The Labute approximate surface area is 183 Å². The number of anilines is 1. The third-order valence-corrected chi connectivity index (χ3v) is 6.75. The maximum atomic E-state index is 13.0. The minimum atomic E-state index is -3.59. The zero-order chi connectivity index (χ0) is 22.6. The fourth-order valence-corrected chi connectivity index (χ4v) is 4.86. The Morgan fingerprint density at radius 3 is 2.26 bits per heavy atom. The van der Waals surface area contributed by atoms with Gasteiger partial charge in [-0.05, 0) is 62.7 Å². The highest BCUT2D eigenvalue weighted by Gasteiger charge is 2.28. The van der Waals surface area contributed by atoms with Gasteiger partial charge in [0, 0.05) is 37.9 Å². The molecule has 1 aliphatic rings. The molecule has 168 valence electrons. The second-order valence-electron chi connectivity index (χ2n) is 7.72. The molecule has 0 atom stereocenters. The van der Waals surface area contributed by atoms with Crippen LogP contribution in [0.1, 0.15) is 19.4 Å². The molecule has 0 aromatic heterocycles. The Hall–Kier alpha value is -2.78. The molecule has 8 nitrogen and oxygen atoms in total. The average Bonchev–Trinajstić information content (AvgIpc) is 2.72. The van der Waals surface area contributed by atoms with Gasteiger partial charge in [-0.15, -0.1) is 0 Å². The number of sulfonamides is 1. The van der Waals surface area contributed by atoms with Gasteiger partial charge in [-0.2, -0.15) is 4.31 Å². The highest BCUT2D eigenvalue weighted by molar-refractivity contribution is 7.89. The summed E-state index contributed by atoms with van der Waals surface area (Å²) in [6.45, 7) is 7.09. The molecule has 0 saturated carbocycles. The van der Waals surface area contributed by atoms with Crippen molar-refractivity contribution in [2.75, 3.05) is 37.7 Å². The fraction of sp³-hybridized carbons (Fsp3) is 0.409. The predicted molar refractivity (Wildman–Crippen MR) is 117 cm³/mol. The van der Waals surface area contributed by atoms with Crippen LogP contribution in [-0.4, -0.2) is 62.7 Å². The smallest absolute Gasteiger partial charge is 0.341 e. The Kier molecular flexibility index (Phi) is 7.07. The predicted octanol–water partition coefficient (Wildman–Crippen LogP) is 2.76.